The van der Waals surface area contributed by atoms with Gasteiger partial charge < -0.3 is 10.0 Å². The van der Waals surface area contributed by atoms with Crippen LogP contribution in [0.25, 0.3) is 0 Å². The highest BCUT2D eigenvalue weighted by molar-refractivity contribution is 4.93. The molecule has 2 nitrogen and oxygen atoms in total. The Balaban J connectivity index is 2.07. The molecule has 0 aliphatic carbocycles. The molecule has 0 radical (unpaired) electrons. The number of likely N-dealkylation sites (tertiary alicyclic amines) is 1. The minimum atomic E-state index is 0.361. The van der Waals surface area contributed by atoms with Gasteiger partial charge >= 0.3 is 0 Å². The second kappa shape index (κ2) is 8.10. The molecule has 0 aromatic carbocycles. The van der Waals surface area contributed by atoms with Crippen molar-refractivity contribution in [1.29, 1.82) is 0 Å². The molecule has 0 spiro atoms. The summed E-state index contributed by atoms with van der Waals surface area (Å²) in [6.07, 6.45) is 10.3. The van der Waals surface area contributed by atoms with Crippen molar-refractivity contribution >= 4 is 0 Å². The van der Waals surface area contributed by atoms with Crippen LogP contribution in [0.2, 0.25) is 0 Å². The van der Waals surface area contributed by atoms with Gasteiger partial charge in [0.05, 0.1) is 0 Å². The van der Waals surface area contributed by atoms with Gasteiger partial charge in [0, 0.05) is 19.7 Å². The van der Waals surface area contributed by atoms with Crippen LogP contribution in [-0.2, 0) is 0 Å². The van der Waals surface area contributed by atoms with Crippen LogP contribution in [0.15, 0.2) is 0 Å². The van der Waals surface area contributed by atoms with Gasteiger partial charge in [0.1, 0.15) is 0 Å². The van der Waals surface area contributed by atoms with E-state index in [1.54, 1.807) is 0 Å². The molecule has 0 unspecified atom stereocenters. The Morgan fingerprint density at radius 3 is 2.06 bits per heavy atom. The van der Waals surface area contributed by atoms with E-state index in [1.165, 1.54) is 64.6 Å². The van der Waals surface area contributed by atoms with Crippen molar-refractivity contribution in [3.05, 3.63) is 0 Å². The van der Waals surface area contributed by atoms with E-state index >= 15 is 0 Å². The molecule has 1 heterocycles. The average Bonchev–Trinajstić information content (AvgIpc) is 2.26. The lowest BCUT2D eigenvalue weighted by Gasteiger charge is -2.51. The normalized spacial score (nSPS) is 19.2. The molecule has 1 N–H and O–H groups in total. The maximum absolute atomic E-state index is 8.71. The van der Waals surface area contributed by atoms with Gasteiger partial charge in [-0.2, -0.15) is 0 Å². The smallest absolute Gasteiger partial charge is 0.0431 e. The Bertz CT molecular complexity index is 179. The highest BCUT2D eigenvalue weighted by Crippen LogP contribution is 2.39. The van der Waals surface area contributed by atoms with Crippen LogP contribution in [0.5, 0.6) is 0 Å². The number of aliphatic hydroxyl groups excluding tert-OH is 1. The highest BCUT2D eigenvalue weighted by atomic mass is 16.2. The van der Waals surface area contributed by atoms with Gasteiger partial charge in [-0.1, -0.05) is 39.5 Å². The summed E-state index contributed by atoms with van der Waals surface area (Å²) in [5.41, 5.74) is 0.675. The lowest BCUT2D eigenvalue weighted by Crippen LogP contribution is -2.56. The van der Waals surface area contributed by atoms with Gasteiger partial charge in [-0.25, -0.2) is 0 Å². The standard InChI is InChI=1S/C15H31NO/c1-3-9-15(10-4-2)13-16(14-15)11-7-5-6-8-12-17/h17H,3-14H2,1-2H3. The lowest BCUT2D eigenvalue weighted by molar-refractivity contribution is -0.0152. The minimum Gasteiger partial charge on any atom is -0.396 e. The van der Waals surface area contributed by atoms with Crippen molar-refractivity contribution < 1.29 is 5.11 Å². The third-order valence-corrected chi connectivity index (χ3v) is 4.06. The number of nitrogens with zero attached hydrogens (tertiary/aromatic N) is 1. The largest absolute Gasteiger partial charge is 0.396 e. The van der Waals surface area contributed by atoms with Crippen molar-refractivity contribution in [3.63, 3.8) is 0 Å². The van der Waals surface area contributed by atoms with Crippen LogP contribution in [0, 0.1) is 5.41 Å². The minimum absolute atomic E-state index is 0.361. The van der Waals surface area contributed by atoms with Gasteiger partial charge in [0.2, 0.25) is 0 Å². The molecule has 1 saturated heterocycles. The Hall–Kier alpha value is -0.0800. The van der Waals surface area contributed by atoms with Crippen LogP contribution >= 0.6 is 0 Å². The summed E-state index contributed by atoms with van der Waals surface area (Å²) >= 11 is 0. The summed E-state index contributed by atoms with van der Waals surface area (Å²) in [6.45, 7) is 8.95. The van der Waals surface area contributed by atoms with E-state index < -0.39 is 0 Å². The van der Waals surface area contributed by atoms with Crippen molar-refractivity contribution in [3.8, 4) is 0 Å². The first-order valence-electron chi connectivity index (χ1n) is 7.59. The molecule has 102 valence electrons. The molecule has 0 aromatic rings. The molecular weight excluding hydrogens is 210 g/mol. The Morgan fingerprint density at radius 2 is 1.53 bits per heavy atom. The van der Waals surface area contributed by atoms with Crippen molar-refractivity contribution in [2.45, 2.75) is 65.2 Å². The number of aliphatic hydroxyl groups is 1. The third-order valence-electron chi connectivity index (χ3n) is 4.06. The number of hydrogen-bond donors (Lipinski definition) is 1. The Morgan fingerprint density at radius 1 is 0.941 bits per heavy atom. The quantitative estimate of drug-likeness (QED) is 0.592. The Kier molecular flexibility index (Phi) is 7.14. The number of rotatable bonds is 10. The summed E-state index contributed by atoms with van der Waals surface area (Å²) in [5, 5.41) is 8.71. The van der Waals surface area contributed by atoms with Gasteiger partial charge in [-0.05, 0) is 37.6 Å². The molecule has 1 aliphatic heterocycles. The number of hydrogen-bond acceptors (Lipinski definition) is 2. The van der Waals surface area contributed by atoms with E-state index in [4.69, 9.17) is 5.11 Å². The van der Waals surface area contributed by atoms with E-state index in [2.05, 4.69) is 18.7 Å². The van der Waals surface area contributed by atoms with Gasteiger partial charge in [-0.3, -0.25) is 0 Å². The van der Waals surface area contributed by atoms with Crippen LogP contribution in [0.1, 0.15) is 65.2 Å². The number of unbranched alkanes of at least 4 members (excludes halogenated alkanes) is 3. The molecular formula is C15H31NO. The van der Waals surface area contributed by atoms with E-state index in [0.717, 1.165) is 6.42 Å². The first kappa shape index (κ1) is 15.0. The fourth-order valence-electron chi connectivity index (χ4n) is 3.36. The third kappa shape index (κ3) is 4.97. The first-order chi connectivity index (χ1) is 8.26. The molecule has 1 rings (SSSR count). The average molecular weight is 241 g/mol. The molecule has 1 aliphatic rings. The molecule has 0 saturated carbocycles. The van der Waals surface area contributed by atoms with Crippen molar-refractivity contribution in [2.75, 3.05) is 26.2 Å². The van der Waals surface area contributed by atoms with Gasteiger partial charge in [0.25, 0.3) is 0 Å². The summed E-state index contributed by atoms with van der Waals surface area (Å²) in [7, 11) is 0. The second-order valence-electron chi connectivity index (χ2n) is 5.85. The molecule has 0 amide bonds. The predicted molar refractivity (Wildman–Crippen MR) is 74.2 cm³/mol. The summed E-state index contributed by atoms with van der Waals surface area (Å²) < 4.78 is 0. The molecule has 0 atom stereocenters. The van der Waals surface area contributed by atoms with Crippen LogP contribution in [0.3, 0.4) is 0 Å². The Labute approximate surface area is 107 Å². The van der Waals surface area contributed by atoms with Crippen LogP contribution < -0.4 is 0 Å². The first-order valence-corrected chi connectivity index (χ1v) is 7.59. The van der Waals surface area contributed by atoms with Crippen LogP contribution in [0.4, 0.5) is 0 Å². The van der Waals surface area contributed by atoms with E-state index in [9.17, 15) is 0 Å². The summed E-state index contributed by atoms with van der Waals surface area (Å²) in [6, 6.07) is 0. The van der Waals surface area contributed by atoms with Crippen LogP contribution in [-0.4, -0.2) is 36.2 Å². The molecule has 17 heavy (non-hydrogen) atoms. The lowest BCUT2D eigenvalue weighted by atomic mass is 9.72. The molecule has 2 heteroatoms. The summed E-state index contributed by atoms with van der Waals surface area (Å²) in [4.78, 5) is 2.63. The van der Waals surface area contributed by atoms with Gasteiger partial charge in [0.15, 0.2) is 0 Å². The maximum Gasteiger partial charge on any atom is 0.0431 e. The highest BCUT2D eigenvalue weighted by Gasteiger charge is 2.40. The SMILES string of the molecule is CCCC1(CCC)CN(CCCCCCO)C1. The topological polar surface area (TPSA) is 23.5 Å². The van der Waals surface area contributed by atoms with Gasteiger partial charge in [-0.15, -0.1) is 0 Å². The van der Waals surface area contributed by atoms with E-state index in [1.807, 2.05) is 0 Å². The molecule has 0 aromatic heterocycles. The zero-order chi connectivity index (χ0) is 12.6. The monoisotopic (exact) mass is 241 g/mol. The van der Waals surface area contributed by atoms with Crippen molar-refractivity contribution in [2.24, 2.45) is 5.41 Å². The second-order valence-corrected chi connectivity index (χ2v) is 5.85. The van der Waals surface area contributed by atoms with Crippen molar-refractivity contribution in [1.82, 2.24) is 4.90 Å². The maximum atomic E-state index is 8.71. The predicted octanol–water partition coefficient (Wildman–Crippen LogP) is 3.44. The zero-order valence-corrected chi connectivity index (χ0v) is 11.9. The fraction of sp³-hybridized carbons (Fsp3) is 1.00. The fourth-order valence-corrected chi connectivity index (χ4v) is 3.36. The zero-order valence-electron chi connectivity index (χ0n) is 11.9. The van der Waals surface area contributed by atoms with E-state index in [0.29, 0.717) is 12.0 Å². The van der Waals surface area contributed by atoms with E-state index in [-0.39, 0.29) is 0 Å². The summed E-state index contributed by atoms with van der Waals surface area (Å²) in [5.74, 6) is 0. The molecule has 1 fully saturated rings. The molecule has 0 bridgehead atoms.